The molecule has 0 atom stereocenters. The Morgan fingerprint density at radius 2 is 1.12 bits per heavy atom. The highest BCUT2D eigenvalue weighted by Crippen LogP contribution is 2.12. The van der Waals surface area contributed by atoms with Gasteiger partial charge in [-0.1, -0.05) is 90.4 Å². The maximum absolute atomic E-state index is 11.5. The zero-order valence-corrected chi connectivity index (χ0v) is 17.0. The maximum Gasteiger partial charge on any atom is 0.325 e. The summed E-state index contributed by atoms with van der Waals surface area (Å²) in [5.41, 5.74) is 0. The predicted octanol–water partition coefficient (Wildman–Crippen LogP) is 5.49. The lowest BCUT2D eigenvalue weighted by Crippen LogP contribution is -2.31. The SMILES string of the molecule is CCCCCCCCCCCCCCCCOC(=O)CN(C)C(C)=O. The molecule has 25 heavy (non-hydrogen) atoms. The van der Waals surface area contributed by atoms with Crippen molar-refractivity contribution < 1.29 is 14.3 Å². The van der Waals surface area contributed by atoms with E-state index in [2.05, 4.69) is 6.92 Å². The van der Waals surface area contributed by atoms with E-state index in [4.69, 9.17) is 4.74 Å². The number of hydrogen-bond donors (Lipinski definition) is 0. The van der Waals surface area contributed by atoms with E-state index in [-0.39, 0.29) is 18.4 Å². The van der Waals surface area contributed by atoms with Gasteiger partial charge in [-0.3, -0.25) is 9.59 Å². The molecule has 4 nitrogen and oxygen atoms in total. The third-order valence-corrected chi connectivity index (χ3v) is 4.66. The van der Waals surface area contributed by atoms with E-state index < -0.39 is 0 Å². The zero-order chi connectivity index (χ0) is 18.8. The molecule has 0 fully saturated rings. The molecule has 0 aromatic carbocycles. The van der Waals surface area contributed by atoms with Gasteiger partial charge >= 0.3 is 5.97 Å². The first-order chi connectivity index (χ1) is 12.1. The molecule has 0 aliphatic carbocycles. The van der Waals surface area contributed by atoms with E-state index in [0.29, 0.717) is 6.61 Å². The first-order valence-corrected chi connectivity index (χ1v) is 10.4. The minimum atomic E-state index is -0.313. The van der Waals surface area contributed by atoms with Crippen LogP contribution >= 0.6 is 0 Å². The Kier molecular flexibility index (Phi) is 17.0. The quantitative estimate of drug-likeness (QED) is 0.256. The predicted molar refractivity (Wildman–Crippen MR) is 105 cm³/mol. The number of amides is 1. The molecule has 0 heterocycles. The fourth-order valence-corrected chi connectivity index (χ4v) is 2.83. The van der Waals surface area contributed by atoms with Crippen LogP contribution in [0.4, 0.5) is 0 Å². The molecule has 0 unspecified atom stereocenters. The second kappa shape index (κ2) is 17.8. The summed E-state index contributed by atoms with van der Waals surface area (Å²) in [6, 6.07) is 0. The van der Waals surface area contributed by atoms with Gasteiger partial charge in [0.05, 0.1) is 6.61 Å². The van der Waals surface area contributed by atoms with Crippen molar-refractivity contribution in [2.45, 2.75) is 104 Å². The minimum absolute atomic E-state index is 0.0495. The molecule has 0 spiro atoms. The second-order valence-electron chi connectivity index (χ2n) is 7.19. The van der Waals surface area contributed by atoms with Gasteiger partial charge in [0.2, 0.25) is 5.91 Å². The molecule has 0 N–H and O–H groups in total. The molecule has 0 saturated carbocycles. The van der Waals surface area contributed by atoms with E-state index in [1.165, 1.54) is 88.9 Å². The number of carbonyl (C=O) groups is 2. The Labute approximate surface area is 155 Å². The Hall–Kier alpha value is -1.06. The molecule has 0 aliphatic rings. The third-order valence-electron chi connectivity index (χ3n) is 4.66. The van der Waals surface area contributed by atoms with Crippen molar-refractivity contribution in [2.75, 3.05) is 20.2 Å². The number of hydrogen-bond acceptors (Lipinski definition) is 3. The van der Waals surface area contributed by atoms with Gasteiger partial charge in [0.1, 0.15) is 6.54 Å². The molecule has 1 amide bonds. The minimum Gasteiger partial charge on any atom is -0.464 e. The van der Waals surface area contributed by atoms with Gasteiger partial charge in [-0.2, -0.15) is 0 Å². The van der Waals surface area contributed by atoms with Crippen LogP contribution in [0.5, 0.6) is 0 Å². The Bertz CT molecular complexity index is 331. The lowest BCUT2D eigenvalue weighted by Gasteiger charge is -2.13. The number of likely N-dealkylation sites (N-methyl/N-ethyl adjacent to an activating group) is 1. The van der Waals surface area contributed by atoms with Gasteiger partial charge in [0.15, 0.2) is 0 Å². The van der Waals surface area contributed by atoms with Crippen LogP contribution in [0.15, 0.2) is 0 Å². The summed E-state index contributed by atoms with van der Waals surface area (Å²) in [6.45, 7) is 4.24. The standard InChI is InChI=1S/C21H41NO3/c1-4-5-6-7-8-9-10-11-12-13-14-15-16-17-18-25-21(24)19-22(3)20(2)23/h4-19H2,1-3H3. The van der Waals surface area contributed by atoms with Crippen LogP contribution in [0.3, 0.4) is 0 Å². The molecule has 0 aromatic rings. The van der Waals surface area contributed by atoms with E-state index in [1.807, 2.05) is 0 Å². The lowest BCUT2D eigenvalue weighted by molar-refractivity contribution is -0.148. The molecular formula is C21H41NO3. The monoisotopic (exact) mass is 355 g/mol. The number of unbranched alkanes of at least 4 members (excludes halogenated alkanes) is 13. The Balaban J connectivity index is 3.19. The molecule has 0 rings (SSSR count). The van der Waals surface area contributed by atoms with E-state index >= 15 is 0 Å². The molecule has 0 saturated heterocycles. The summed E-state index contributed by atoms with van der Waals surface area (Å²) < 4.78 is 5.14. The highest BCUT2D eigenvalue weighted by atomic mass is 16.5. The largest absolute Gasteiger partial charge is 0.464 e. The first kappa shape index (κ1) is 23.9. The number of ether oxygens (including phenoxy) is 1. The summed E-state index contributed by atoms with van der Waals surface area (Å²) in [5.74, 6) is -0.430. The van der Waals surface area contributed by atoms with Crippen LogP contribution in [0.2, 0.25) is 0 Å². The van der Waals surface area contributed by atoms with Crippen LogP contribution in [-0.2, 0) is 14.3 Å². The van der Waals surface area contributed by atoms with Gasteiger partial charge in [-0.15, -0.1) is 0 Å². The van der Waals surface area contributed by atoms with Crippen LogP contribution in [0.1, 0.15) is 104 Å². The van der Waals surface area contributed by atoms with Crippen LogP contribution in [0, 0.1) is 0 Å². The van der Waals surface area contributed by atoms with E-state index in [1.54, 1.807) is 7.05 Å². The highest BCUT2D eigenvalue weighted by Gasteiger charge is 2.09. The van der Waals surface area contributed by atoms with Gasteiger partial charge < -0.3 is 9.64 Å². The van der Waals surface area contributed by atoms with Gasteiger partial charge in [-0.25, -0.2) is 0 Å². The van der Waals surface area contributed by atoms with Gasteiger partial charge in [0.25, 0.3) is 0 Å². The smallest absolute Gasteiger partial charge is 0.325 e. The molecule has 0 aromatic heterocycles. The number of esters is 1. The van der Waals surface area contributed by atoms with Crippen molar-refractivity contribution >= 4 is 11.9 Å². The second-order valence-corrected chi connectivity index (χ2v) is 7.19. The third kappa shape index (κ3) is 17.6. The van der Waals surface area contributed by atoms with Crippen molar-refractivity contribution in [3.63, 3.8) is 0 Å². The Morgan fingerprint density at radius 3 is 1.52 bits per heavy atom. The fourth-order valence-electron chi connectivity index (χ4n) is 2.83. The summed E-state index contributed by atoms with van der Waals surface area (Å²) >= 11 is 0. The van der Waals surface area contributed by atoms with Crippen LogP contribution < -0.4 is 0 Å². The average Bonchev–Trinajstić information content (AvgIpc) is 2.58. The maximum atomic E-state index is 11.5. The van der Waals surface area contributed by atoms with Crippen molar-refractivity contribution in [3.8, 4) is 0 Å². The fraction of sp³-hybridized carbons (Fsp3) is 0.905. The zero-order valence-electron chi connectivity index (χ0n) is 17.0. The average molecular weight is 356 g/mol. The summed E-state index contributed by atoms with van der Waals surface area (Å²) in [7, 11) is 1.61. The number of carbonyl (C=O) groups excluding carboxylic acids is 2. The number of rotatable bonds is 17. The Morgan fingerprint density at radius 1 is 0.720 bits per heavy atom. The van der Waals surface area contributed by atoms with Crippen molar-refractivity contribution in [1.29, 1.82) is 0 Å². The normalized spacial score (nSPS) is 10.7. The molecule has 0 aliphatic heterocycles. The van der Waals surface area contributed by atoms with E-state index in [9.17, 15) is 9.59 Å². The van der Waals surface area contributed by atoms with E-state index in [0.717, 1.165) is 12.8 Å². The molecule has 0 radical (unpaired) electrons. The molecule has 0 bridgehead atoms. The van der Waals surface area contributed by atoms with Crippen molar-refractivity contribution in [3.05, 3.63) is 0 Å². The number of nitrogens with zero attached hydrogens (tertiary/aromatic N) is 1. The summed E-state index contributed by atoms with van der Waals surface area (Å²) in [5, 5.41) is 0. The molecular weight excluding hydrogens is 314 g/mol. The lowest BCUT2D eigenvalue weighted by atomic mass is 10.0. The van der Waals surface area contributed by atoms with Crippen molar-refractivity contribution in [2.24, 2.45) is 0 Å². The molecule has 4 heteroatoms. The van der Waals surface area contributed by atoms with Crippen LogP contribution in [-0.4, -0.2) is 37.0 Å². The highest BCUT2D eigenvalue weighted by molar-refractivity contribution is 5.80. The first-order valence-electron chi connectivity index (χ1n) is 10.4. The van der Waals surface area contributed by atoms with Crippen molar-refractivity contribution in [1.82, 2.24) is 4.90 Å². The topological polar surface area (TPSA) is 46.6 Å². The van der Waals surface area contributed by atoms with Gasteiger partial charge in [-0.05, 0) is 6.42 Å². The van der Waals surface area contributed by atoms with Gasteiger partial charge in [0, 0.05) is 14.0 Å². The van der Waals surface area contributed by atoms with Crippen LogP contribution in [0.25, 0.3) is 0 Å². The summed E-state index contributed by atoms with van der Waals surface area (Å²) in [4.78, 5) is 23.9. The summed E-state index contributed by atoms with van der Waals surface area (Å²) in [6.07, 6.45) is 18.4. The molecule has 148 valence electrons.